The summed E-state index contributed by atoms with van der Waals surface area (Å²) in [5.41, 5.74) is 0. The number of aliphatic hydroxyl groups is 2. The molecule has 118 valence electrons. The second-order valence-electron chi connectivity index (χ2n) is 4.02. The molecule has 8 nitrogen and oxygen atoms in total. The van der Waals surface area contributed by atoms with Crippen LogP contribution in [0.2, 0.25) is 0 Å². The minimum atomic E-state index is -1.06. The molecule has 0 saturated heterocycles. The number of aliphatic carboxylic acids is 2. The fraction of sp³-hybridized carbons (Fsp3) is 0.667. The van der Waals surface area contributed by atoms with Crippen LogP contribution in [0, 0.1) is 5.92 Å². The van der Waals surface area contributed by atoms with E-state index in [1.54, 1.807) is 6.92 Å². The van der Waals surface area contributed by atoms with Crippen LogP contribution in [0.3, 0.4) is 0 Å². The van der Waals surface area contributed by atoms with E-state index in [0.717, 1.165) is 0 Å². The Morgan fingerprint density at radius 1 is 0.800 bits per heavy atom. The first kappa shape index (κ1) is 23.3. The van der Waals surface area contributed by atoms with Gasteiger partial charge in [0.15, 0.2) is 0 Å². The predicted molar refractivity (Wildman–Crippen MR) is 69.2 cm³/mol. The molecule has 0 bridgehead atoms. The van der Waals surface area contributed by atoms with Crippen molar-refractivity contribution in [3.8, 4) is 0 Å². The van der Waals surface area contributed by atoms with E-state index < -0.39 is 11.9 Å². The Morgan fingerprint density at radius 3 is 1.05 bits per heavy atom. The van der Waals surface area contributed by atoms with Crippen molar-refractivity contribution in [2.24, 2.45) is 5.92 Å². The Hall–Kier alpha value is -1.80. The SMILES string of the molecule is CC(=O)CC(=O)O.CC(=O)CC(=O)O.CC(CO)CO. The Bertz CT molecular complexity index is 257. The molecule has 0 atom stereocenters. The van der Waals surface area contributed by atoms with Gasteiger partial charge in [0.2, 0.25) is 0 Å². The number of aliphatic hydroxyl groups excluding tert-OH is 2. The topological polar surface area (TPSA) is 149 Å². The van der Waals surface area contributed by atoms with Crippen LogP contribution in [0.5, 0.6) is 0 Å². The van der Waals surface area contributed by atoms with Crippen molar-refractivity contribution in [1.82, 2.24) is 0 Å². The van der Waals surface area contributed by atoms with Gasteiger partial charge in [-0.2, -0.15) is 0 Å². The van der Waals surface area contributed by atoms with Gasteiger partial charge in [0.1, 0.15) is 24.4 Å². The first-order valence-corrected chi connectivity index (χ1v) is 5.70. The summed E-state index contributed by atoms with van der Waals surface area (Å²) in [6, 6.07) is 0. The van der Waals surface area contributed by atoms with Gasteiger partial charge in [0.25, 0.3) is 0 Å². The van der Waals surface area contributed by atoms with E-state index in [9.17, 15) is 19.2 Å². The van der Waals surface area contributed by atoms with Crippen molar-refractivity contribution in [2.45, 2.75) is 33.6 Å². The van der Waals surface area contributed by atoms with Crippen molar-refractivity contribution < 1.29 is 39.6 Å². The van der Waals surface area contributed by atoms with Crippen LogP contribution in [0.1, 0.15) is 33.6 Å². The van der Waals surface area contributed by atoms with Gasteiger partial charge >= 0.3 is 11.9 Å². The second kappa shape index (κ2) is 15.3. The zero-order chi connectivity index (χ0) is 16.7. The zero-order valence-electron chi connectivity index (χ0n) is 11.8. The highest BCUT2D eigenvalue weighted by molar-refractivity contribution is 5.93. The number of carbonyl (C=O) groups excluding carboxylic acids is 2. The molecule has 0 aromatic carbocycles. The molecular formula is C12H22O8. The molecule has 0 amide bonds. The van der Waals surface area contributed by atoms with Crippen molar-refractivity contribution in [1.29, 1.82) is 0 Å². The van der Waals surface area contributed by atoms with Crippen LogP contribution < -0.4 is 0 Å². The van der Waals surface area contributed by atoms with Gasteiger partial charge in [-0.15, -0.1) is 0 Å². The van der Waals surface area contributed by atoms with E-state index >= 15 is 0 Å². The number of Topliss-reactive ketones (excluding diaryl/α,β-unsaturated/α-hetero) is 2. The predicted octanol–water partition coefficient (Wildman–Crippen LogP) is -0.293. The molecule has 0 radical (unpaired) electrons. The summed E-state index contributed by atoms with van der Waals surface area (Å²) < 4.78 is 0. The maximum absolute atomic E-state index is 9.87. The zero-order valence-corrected chi connectivity index (χ0v) is 11.8. The molecule has 0 aliphatic carbocycles. The highest BCUT2D eigenvalue weighted by atomic mass is 16.4. The third kappa shape index (κ3) is 36.0. The maximum atomic E-state index is 9.87. The number of carbonyl (C=O) groups is 4. The van der Waals surface area contributed by atoms with Crippen molar-refractivity contribution >= 4 is 23.5 Å². The lowest BCUT2D eigenvalue weighted by Crippen LogP contribution is -2.04. The number of hydrogen-bond donors (Lipinski definition) is 4. The Balaban J connectivity index is -0.000000218. The average Bonchev–Trinajstić information content (AvgIpc) is 2.25. The molecule has 0 fully saturated rings. The molecule has 0 aliphatic rings. The minimum Gasteiger partial charge on any atom is -0.481 e. The van der Waals surface area contributed by atoms with E-state index in [1.165, 1.54) is 13.8 Å². The fourth-order valence-electron chi connectivity index (χ4n) is 0.484. The smallest absolute Gasteiger partial charge is 0.310 e. The third-order valence-corrected chi connectivity index (χ3v) is 1.42. The quantitative estimate of drug-likeness (QED) is 0.488. The molecular weight excluding hydrogens is 272 g/mol. The highest BCUT2D eigenvalue weighted by Crippen LogP contribution is 1.85. The van der Waals surface area contributed by atoms with Gasteiger partial charge in [-0.1, -0.05) is 6.92 Å². The molecule has 0 aromatic rings. The third-order valence-electron chi connectivity index (χ3n) is 1.42. The van der Waals surface area contributed by atoms with Gasteiger partial charge in [0.05, 0.1) is 0 Å². The minimum absolute atomic E-state index is 0.0463. The van der Waals surface area contributed by atoms with Gasteiger partial charge in [-0.25, -0.2) is 0 Å². The molecule has 20 heavy (non-hydrogen) atoms. The van der Waals surface area contributed by atoms with Crippen LogP contribution in [0.4, 0.5) is 0 Å². The Kier molecular flexibility index (Phi) is 17.8. The van der Waals surface area contributed by atoms with Crippen molar-refractivity contribution in [3.05, 3.63) is 0 Å². The lowest BCUT2D eigenvalue weighted by molar-refractivity contribution is -0.141. The van der Waals surface area contributed by atoms with E-state index in [-0.39, 0.29) is 43.5 Å². The summed E-state index contributed by atoms with van der Waals surface area (Å²) in [6.45, 7) is 4.43. The molecule has 0 saturated carbocycles. The maximum Gasteiger partial charge on any atom is 0.310 e. The van der Waals surface area contributed by atoms with Gasteiger partial charge in [-0.3, -0.25) is 19.2 Å². The number of rotatable bonds is 6. The van der Waals surface area contributed by atoms with Crippen LogP contribution in [-0.4, -0.2) is 57.1 Å². The van der Waals surface area contributed by atoms with Crippen LogP contribution in [0.15, 0.2) is 0 Å². The van der Waals surface area contributed by atoms with E-state index in [0.29, 0.717) is 0 Å². The summed E-state index contributed by atoms with van der Waals surface area (Å²) in [4.78, 5) is 38.9. The lowest BCUT2D eigenvalue weighted by atomic mass is 10.2. The summed E-state index contributed by atoms with van der Waals surface area (Å²) in [7, 11) is 0. The van der Waals surface area contributed by atoms with Gasteiger partial charge in [-0.05, 0) is 13.8 Å². The molecule has 4 N–H and O–H groups in total. The number of hydrogen-bond acceptors (Lipinski definition) is 6. The van der Waals surface area contributed by atoms with Crippen LogP contribution >= 0.6 is 0 Å². The molecule has 0 heterocycles. The summed E-state index contributed by atoms with van der Waals surface area (Å²) in [6.07, 6.45) is -0.722. The molecule has 0 aromatic heterocycles. The van der Waals surface area contributed by atoms with Crippen LogP contribution in [-0.2, 0) is 19.2 Å². The normalized spacial score (nSPS) is 8.70. The van der Waals surface area contributed by atoms with E-state index in [2.05, 4.69) is 0 Å². The molecule has 0 rings (SSSR count). The van der Waals surface area contributed by atoms with E-state index in [4.69, 9.17) is 20.4 Å². The summed E-state index contributed by atoms with van der Waals surface area (Å²) in [5.74, 6) is -2.70. The van der Waals surface area contributed by atoms with Gasteiger partial charge < -0.3 is 20.4 Å². The largest absolute Gasteiger partial charge is 0.481 e. The monoisotopic (exact) mass is 294 g/mol. The number of carboxylic acids is 2. The Labute approximate surface area is 117 Å². The molecule has 0 unspecified atom stereocenters. The van der Waals surface area contributed by atoms with E-state index in [1.807, 2.05) is 0 Å². The van der Waals surface area contributed by atoms with Crippen molar-refractivity contribution in [3.63, 3.8) is 0 Å². The first-order chi connectivity index (χ1) is 9.06. The van der Waals surface area contributed by atoms with Crippen LogP contribution in [0.25, 0.3) is 0 Å². The number of ketones is 2. The molecule has 0 spiro atoms. The standard InChI is InChI=1S/2C4H6O3.C4H10O2/c2*1-3(5)2-4(6)7;1-4(2-5)3-6/h2*2H2,1H3,(H,6,7);4-6H,2-3H2,1H3. The molecule has 0 aliphatic heterocycles. The first-order valence-electron chi connectivity index (χ1n) is 5.70. The number of carboxylic acid groups (broad SMARTS) is 2. The highest BCUT2D eigenvalue weighted by Gasteiger charge is 1.98. The second-order valence-corrected chi connectivity index (χ2v) is 4.02. The van der Waals surface area contributed by atoms with Crippen molar-refractivity contribution in [2.75, 3.05) is 13.2 Å². The summed E-state index contributed by atoms with van der Waals surface area (Å²) >= 11 is 0. The van der Waals surface area contributed by atoms with Gasteiger partial charge in [0, 0.05) is 19.1 Å². The lowest BCUT2D eigenvalue weighted by Gasteiger charge is -1.97. The fourth-order valence-corrected chi connectivity index (χ4v) is 0.484. The Morgan fingerprint density at radius 2 is 1.05 bits per heavy atom. The summed E-state index contributed by atoms with van der Waals surface area (Å²) in [5, 5.41) is 32.1. The average molecular weight is 294 g/mol. The molecule has 8 heteroatoms.